The third-order valence-electron chi connectivity index (χ3n) is 3.32. The summed E-state index contributed by atoms with van der Waals surface area (Å²) in [6, 6.07) is 6.99. The van der Waals surface area contributed by atoms with Crippen molar-refractivity contribution in [3.05, 3.63) is 40.9 Å². The van der Waals surface area contributed by atoms with Crippen LogP contribution in [0.3, 0.4) is 0 Å². The molecule has 1 aliphatic heterocycles. The summed E-state index contributed by atoms with van der Waals surface area (Å²) in [6.07, 6.45) is 2.72. The summed E-state index contributed by atoms with van der Waals surface area (Å²) in [7, 11) is 0. The maximum Gasteiger partial charge on any atom is 0.319 e. The molecule has 2 heterocycles. The molecular weight excluding hydrogens is 308 g/mol. The summed E-state index contributed by atoms with van der Waals surface area (Å²) in [6.45, 7) is 1.71. The number of nitrogens with zero attached hydrogens (tertiary/aromatic N) is 2. The van der Waals surface area contributed by atoms with Gasteiger partial charge < -0.3 is 15.5 Å². The van der Waals surface area contributed by atoms with E-state index in [2.05, 4.69) is 20.5 Å². The highest BCUT2D eigenvalue weighted by Gasteiger charge is 2.25. The molecule has 1 unspecified atom stereocenters. The Morgan fingerprint density at radius 3 is 2.90 bits per heavy atom. The van der Waals surface area contributed by atoms with E-state index in [0.29, 0.717) is 5.02 Å². The topological polar surface area (TPSA) is 57.3 Å². The number of anilines is 2. The standard InChI is InChI=1S/C14H15ClN4OS/c15-10-1-3-11(4-2-10)17-13(20)18-12-5-7-19(9-12)14-16-6-8-21-14/h1-4,6,8,12H,5,7,9H2,(H2,17,18,20). The summed E-state index contributed by atoms with van der Waals surface area (Å²) in [4.78, 5) is 18.4. The van der Waals surface area contributed by atoms with Gasteiger partial charge in [0.1, 0.15) is 0 Å². The van der Waals surface area contributed by atoms with E-state index in [1.54, 1.807) is 41.8 Å². The first-order valence-corrected chi connectivity index (χ1v) is 7.94. The number of carbonyl (C=O) groups excluding carboxylic acids is 1. The first-order valence-electron chi connectivity index (χ1n) is 6.68. The summed E-state index contributed by atoms with van der Waals surface area (Å²) in [5, 5.41) is 9.41. The van der Waals surface area contributed by atoms with E-state index < -0.39 is 0 Å². The maximum absolute atomic E-state index is 12.0. The van der Waals surface area contributed by atoms with Crippen LogP contribution in [0.1, 0.15) is 6.42 Å². The molecule has 3 rings (SSSR count). The molecule has 0 bridgehead atoms. The molecular formula is C14H15ClN4OS. The van der Waals surface area contributed by atoms with Crippen LogP contribution in [0.15, 0.2) is 35.8 Å². The summed E-state index contributed by atoms with van der Waals surface area (Å²) < 4.78 is 0. The molecule has 1 fully saturated rings. The number of urea groups is 1. The largest absolute Gasteiger partial charge is 0.346 e. The second kappa shape index (κ2) is 6.32. The van der Waals surface area contributed by atoms with Gasteiger partial charge in [0.2, 0.25) is 0 Å². The molecule has 1 aromatic heterocycles. The van der Waals surface area contributed by atoms with Gasteiger partial charge in [0.05, 0.1) is 0 Å². The van der Waals surface area contributed by atoms with Crippen molar-refractivity contribution in [2.45, 2.75) is 12.5 Å². The number of carbonyl (C=O) groups is 1. The van der Waals surface area contributed by atoms with Crippen molar-refractivity contribution in [1.29, 1.82) is 0 Å². The van der Waals surface area contributed by atoms with Gasteiger partial charge in [0.25, 0.3) is 0 Å². The SMILES string of the molecule is O=C(Nc1ccc(Cl)cc1)NC1CCN(c2nccs2)C1. The van der Waals surface area contributed by atoms with Crippen LogP contribution >= 0.6 is 22.9 Å². The fourth-order valence-corrected chi connectivity index (χ4v) is 3.12. The number of hydrogen-bond acceptors (Lipinski definition) is 4. The molecule has 5 nitrogen and oxygen atoms in total. The first-order chi connectivity index (χ1) is 10.2. The van der Waals surface area contributed by atoms with Crippen LogP contribution in [0.25, 0.3) is 0 Å². The van der Waals surface area contributed by atoms with Crippen LogP contribution in [0, 0.1) is 0 Å². The monoisotopic (exact) mass is 322 g/mol. The minimum atomic E-state index is -0.191. The van der Waals surface area contributed by atoms with Crippen LogP contribution in [0.5, 0.6) is 0 Å². The van der Waals surface area contributed by atoms with Crippen molar-refractivity contribution in [1.82, 2.24) is 10.3 Å². The van der Waals surface area contributed by atoms with Crippen LogP contribution in [0.2, 0.25) is 5.02 Å². The fourth-order valence-electron chi connectivity index (χ4n) is 2.31. The highest BCUT2D eigenvalue weighted by molar-refractivity contribution is 7.13. The minimum Gasteiger partial charge on any atom is -0.346 e. The van der Waals surface area contributed by atoms with Crippen LogP contribution < -0.4 is 15.5 Å². The van der Waals surface area contributed by atoms with Crippen molar-refractivity contribution in [2.24, 2.45) is 0 Å². The van der Waals surface area contributed by atoms with E-state index in [4.69, 9.17) is 11.6 Å². The van der Waals surface area contributed by atoms with Gasteiger partial charge in [0.15, 0.2) is 5.13 Å². The molecule has 1 aromatic carbocycles. The molecule has 2 amide bonds. The van der Waals surface area contributed by atoms with Gasteiger partial charge in [-0.1, -0.05) is 11.6 Å². The summed E-state index contributed by atoms with van der Waals surface area (Å²) in [5.41, 5.74) is 0.728. The second-order valence-electron chi connectivity index (χ2n) is 4.85. The predicted octanol–water partition coefficient (Wildman–Crippen LogP) is 3.20. The average molecular weight is 323 g/mol. The van der Waals surface area contributed by atoms with Gasteiger partial charge in [-0.3, -0.25) is 0 Å². The third-order valence-corrected chi connectivity index (χ3v) is 4.40. The van der Waals surface area contributed by atoms with Crippen LogP contribution in [0.4, 0.5) is 15.6 Å². The molecule has 1 atom stereocenters. The number of benzene rings is 1. The molecule has 7 heteroatoms. The number of halogens is 1. The molecule has 0 radical (unpaired) electrons. The van der Waals surface area contributed by atoms with Crippen LogP contribution in [-0.4, -0.2) is 30.1 Å². The Hall–Kier alpha value is -1.79. The quantitative estimate of drug-likeness (QED) is 0.912. The number of rotatable bonds is 3. The Balaban J connectivity index is 1.50. The molecule has 110 valence electrons. The Labute approximate surface area is 131 Å². The molecule has 0 aliphatic carbocycles. The highest BCUT2D eigenvalue weighted by Crippen LogP contribution is 2.22. The average Bonchev–Trinajstić information content (AvgIpc) is 3.12. The van der Waals surface area contributed by atoms with Crippen molar-refractivity contribution in [2.75, 3.05) is 23.3 Å². The number of amides is 2. The molecule has 1 saturated heterocycles. The van der Waals surface area contributed by atoms with Gasteiger partial charge >= 0.3 is 6.03 Å². The smallest absolute Gasteiger partial charge is 0.319 e. The minimum absolute atomic E-state index is 0.140. The lowest BCUT2D eigenvalue weighted by Crippen LogP contribution is -2.39. The fraction of sp³-hybridized carbons (Fsp3) is 0.286. The van der Waals surface area contributed by atoms with E-state index in [0.717, 1.165) is 30.3 Å². The number of nitrogens with one attached hydrogen (secondary N) is 2. The van der Waals surface area contributed by atoms with Gasteiger partial charge in [-0.05, 0) is 30.7 Å². The van der Waals surface area contributed by atoms with Crippen molar-refractivity contribution >= 4 is 39.8 Å². The van der Waals surface area contributed by atoms with Crippen LogP contribution in [-0.2, 0) is 0 Å². The molecule has 2 N–H and O–H groups in total. The maximum atomic E-state index is 12.0. The normalized spacial score (nSPS) is 17.8. The molecule has 2 aromatic rings. The van der Waals surface area contributed by atoms with Crippen molar-refractivity contribution < 1.29 is 4.79 Å². The Morgan fingerprint density at radius 1 is 1.38 bits per heavy atom. The van der Waals surface area contributed by atoms with E-state index in [9.17, 15) is 4.79 Å². The lowest BCUT2D eigenvalue weighted by atomic mass is 10.3. The van der Waals surface area contributed by atoms with E-state index in [1.165, 1.54) is 0 Å². The lowest BCUT2D eigenvalue weighted by Gasteiger charge is -2.16. The zero-order valence-corrected chi connectivity index (χ0v) is 12.8. The predicted molar refractivity (Wildman–Crippen MR) is 86.3 cm³/mol. The number of aromatic nitrogens is 1. The first kappa shape index (κ1) is 14.2. The summed E-state index contributed by atoms with van der Waals surface area (Å²) >= 11 is 7.43. The number of thiazole rings is 1. The van der Waals surface area contributed by atoms with E-state index >= 15 is 0 Å². The summed E-state index contributed by atoms with van der Waals surface area (Å²) in [5.74, 6) is 0. The highest BCUT2D eigenvalue weighted by atomic mass is 35.5. The Bertz CT molecular complexity index is 602. The Kier molecular flexibility index (Phi) is 4.26. The second-order valence-corrected chi connectivity index (χ2v) is 6.16. The molecule has 21 heavy (non-hydrogen) atoms. The third kappa shape index (κ3) is 3.65. The lowest BCUT2D eigenvalue weighted by molar-refractivity contribution is 0.249. The number of hydrogen-bond donors (Lipinski definition) is 2. The zero-order valence-electron chi connectivity index (χ0n) is 11.3. The van der Waals surface area contributed by atoms with E-state index in [1.807, 2.05) is 5.38 Å². The van der Waals surface area contributed by atoms with Crippen molar-refractivity contribution in [3.8, 4) is 0 Å². The van der Waals surface area contributed by atoms with Gasteiger partial charge in [0, 0.05) is 41.4 Å². The van der Waals surface area contributed by atoms with Gasteiger partial charge in [-0.25, -0.2) is 9.78 Å². The Morgan fingerprint density at radius 2 is 2.19 bits per heavy atom. The molecule has 0 saturated carbocycles. The van der Waals surface area contributed by atoms with E-state index in [-0.39, 0.29) is 12.1 Å². The van der Waals surface area contributed by atoms with Gasteiger partial charge in [-0.2, -0.15) is 0 Å². The van der Waals surface area contributed by atoms with Crippen molar-refractivity contribution in [3.63, 3.8) is 0 Å². The molecule has 1 aliphatic rings. The molecule has 0 spiro atoms. The zero-order chi connectivity index (χ0) is 14.7. The van der Waals surface area contributed by atoms with Gasteiger partial charge in [-0.15, -0.1) is 11.3 Å².